The molecular formula is C32H35ClF4N8O. The molecular weight excluding hydrogens is 624 g/mol. The summed E-state index contributed by atoms with van der Waals surface area (Å²) in [6, 6.07) is 9.01. The van der Waals surface area contributed by atoms with Gasteiger partial charge in [0.05, 0.1) is 16.3 Å². The highest BCUT2D eigenvalue weighted by Gasteiger charge is 2.40. The number of nitrogen functional groups attached to an aromatic ring is 1. The molecule has 0 spiro atoms. The molecule has 46 heavy (non-hydrogen) atoms. The second-order valence-electron chi connectivity index (χ2n) is 12.4. The Morgan fingerprint density at radius 1 is 1.04 bits per heavy atom. The number of carbonyl (C=O) groups excluding carboxylic acids is 1. The molecule has 4 aromatic rings. The van der Waals surface area contributed by atoms with Gasteiger partial charge < -0.3 is 15.5 Å². The van der Waals surface area contributed by atoms with Crippen molar-refractivity contribution in [2.24, 2.45) is 5.92 Å². The first-order chi connectivity index (χ1) is 21.9. The van der Waals surface area contributed by atoms with Crippen molar-refractivity contribution in [3.63, 3.8) is 0 Å². The Kier molecular flexibility index (Phi) is 8.90. The largest absolute Gasteiger partial charge is 0.455 e. The van der Waals surface area contributed by atoms with Gasteiger partial charge in [-0.05, 0) is 95.3 Å². The van der Waals surface area contributed by atoms with Crippen LogP contribution in [0.15, 0.2) is 36.4 Å². The average molecular weight is 659 g/mol. The predicted octanol–water partition coefficient (Wildman–Crippen LogP) is 6.35. The van der Waals surface area contributed by atoms with E-state index in [0.29, 0.717) is 54.1 Å². The maximum absolute atomic E-state index is 13.9. The Labute approximate surface area is 268 Å². The number of benzene rings is 1. The van der Waals surface area contributed by atoms with Crippen molar-refractivity contribution >= 4 is 34.8 Å². The van der Waals surface area contributed by atoms with Crippen molar-refractivity contribution in [1.29, 1.82) is 0 Å². The second kappa shape index (κ2) is 12.7. The van der Waals surface area contributed by atoms with E-state index in [4.69, 9.17) is 32.4 Å². The summed E-state index contributed by atoms with van der Waals surface area (Å²) >= 11 is 6.46. The summed E-state index contributed by atoms with van der Waals surface area (Å²) in [4.78, 5) is 30.3. The number of nitrogens with two attached hydrogens (primary N) is 1. The van der Waals surface area contributed by atoms with Crippen LogP contribution in [0.4, 0.5) is 29.3 Å². The van der Waals surface area contributed by atoms with E-state index in [1.807, 2.05) is 6.07 Å². The van der Waals surface area contributed by atoms with Gasteiger partial charge in [0.1, 0.15) is 11.6 Å². The smallest absolute Gasteiger partial charge is 0.383 e. The number of likely N-dealkylation sites (tertiary alicyclic amines) is 1. The van der Waals surface area contributed by atoms with Crippen LogP contribution >= 0.6 is 11.6 Å². The fraction of sp³-hybridized carbons (Fsp3) is 0.469. The van der Waals surface area contributed by atoms with Gasteiger partial charge in [-0.1, -0.05) is 11.6 Å². The fourth-order valence-corrected chi connectivity index (χ4v) is 6.73. The third kappa shape index (κ3) is 6.66. The molecule has 5 heterocycles. The highest BCUT2D eigenvalue weighted by Crippen LogP contribution is 2.34. The Morgan fingerprint density at radius 3 is 2.48 bits per heavy atom. The first-order valence-electron chi connectivity index (χ1n) is 15.5. The van der Waals surface area contributed by atoms with Gasteiger partial charge in [0.25, 0.3) is 5.78 Å². The van der Waals surface area contributed by atoms with Gasteiger partial charge >= 0.3 is 6.18 Å². The van der Waals surface area contributed by atoms with Crippen molar-refractivity contribution in [3.8, 4) is 11.3 Å². The number of fused-ring (bicyclic) bond motifs is 1. The minimum Gasteiger partial charge on any atom is -0.383 e. The number of ketones is 1. The molecule has 3 aromatic heterocycles. The SMILES string of the molecule is CC(C)N1CCC(c2nc3cc(-c4ccc(F)cc4Cl)nc(N4CCCC(Cc5ccc(C(=O)C(F)(F)F)c(N)n5)C4)n3n2)CC1. The van der Waals surface area contributed by atoms with E-state index in [2.05, 4.69) is 28.6 Å². The van der Waals surface area contributed by atoms with Crippen LogP contribution in [-0.2, 0) is 6.42 Å². The summed E-state index contributed by atoms with van der Waals surface area (Å²) in [5.41, 5.74) is 7.36. The molecule has 0 amide bonds. The van der Waals surface area contributed by atoms with Crippen LogP contribution < -0.4 is 10.6 Å². The number of piperidine rings is 2. The number of anilines is 2. The summed E-state index contributed by atoms with van der Waals surface area (Å²) < 4.78 is 54.5. The van der Waals surface area contributed by atoms with E-state index < -0.39 is 29.2 Å². The summed E-state index contributed by atoms with van der Waals surface area (Å²) in [7, 11) is 0. The Morgan fingerprint density at radius 2 is 1.80 bits per heavy atom. The second-order valence-corrected chi connectivity index (χ2v) is 12.8. The Balaban J connectivity index is 1.30. The van der Waals surface area contributed by atoms with E-state index in [1.165, 1.54) is 18.2 Å². The molecule has 2 fully saturated rings. The molecule has 2 N–H and O–H groups in total. The third-order valence-electron chi connectivity index (χ3n) is 8.94. The lowest BCUT2D eigenvalue weighted by Gasteiger charge is -2.34. The maximum atomic E-state index is 13.9. The highest BCUT2D eigenvalue weighted by atomic mass is 35.5. The molecule has 1 aromatic carbocycles. The zero-order valence-electron chi connectivity index (χ0n) is 25.6. The van der Waals surface area contributed by atoms with Crippen LogP contribution in [0.3, 0.4) is 0 Å². The molecule has 6 rings (SSSR count). The number of pyridine rings is 1. The average Bonchev–Trinajstić information content (AvgIpc) is 3.44. The van der Waals surface area contributed by atoms with Gasteiger partial charge in [-0.2, -0.15) is 17.7 Å². The van der Waals surface area contributed by atoms with Gasteiger partial charge in [0, 0.05) is 42.4 Å². The number of aromatic nitrogens is 5. The number of Topliss-reactive ketones (excluding diaryl/α,β-unsaturated/α-hetero) is 1. The summed E-state index contributed by atoms with van der Waals surface area (Å²) in [6.07, 6.45) is -1.01. The van der Waals surface area contributed by atoms with Crippen molar-refractivity contribution < 1.29 is 22.4 Å². The number of alkyl halides is 3. The minimum absolute atomic E-state index is 0.0723. The van der Waals surface area contributed by atoms with Gasteiger partial charge in [0.15, 0.2) is 11.5 Å². The normalized spacial score (nSPS) is 18.5. The standard InChI is InChI=1S/C32H35ClF4N8O/c1-18(2)43-12-9-20(10-13-43)30-41-27-16-26(23-7-5-21(34)15-25(23)33)40-31(45(27)42-30)44-11-3-4-19(17-44)14-22-6-8-24(29(38)39-22)28(46)32(35,36)37/h5-8,15-16,18-20H,3-4,9-14,17H2,1-2H3,(H2,38,39). The fourth-order valence-electron chi connectivity index (χ4n) is 6.46. The van der Waals surface area contributed by atoms with Crippen LogP contribution in [0, 0.1) is 11.7 Å². The van der Waals surface area contributed by atoms with Crippen LogP contribution in [0.25, 0.3) is 16.9 Å². The number of nitrogens with zero attached hydrogens (tertiary/aromatic N) is 7. The van der Waals surface area contributed by atoms with E-state index in [-0.39, 0.29) is 16.9 Å². The predicted molar refractivity (Wildman–Crippen MR) is 168 cm³/mol. The zero-order chi connectivity index (χ0) is 32.7. The molecule has 1 atom stereocenters. The summed E-state index contributed by atoms with van der Waals surface area (Å²) in [6.45, 7) is 7.59. The van der Waals surface area contributed by atoms with Crippen LogP contribution in [0.2, 0.25) is 5.02 Å². The van der Waals surface area contributed by atoms with E-state index in [9.17, 15) is 22.4 Å². The maximum Gasteiger partial charge on any atom is 0.455 e. The minimum atomic E-state index is -5.03. The molecule has 2 saturated heterocycles. The molecule has 244 valence electrons. The van der Waals surface area contributed by atoms with E-state index in [1.54, 1.807) is 10.6 Å². The molecule has 2 aliphatic heterocycles. The summed E-state index contributed by atoms with van der Waals surface area (Å²) in [5, 5.41) is 5.19. The molecule has 0 aliphatic carbocycles. The topological polar surface area (TPSA) is 106 Å². The lowest BCUT2D eigenvalue weighted by atomic mass is 9.93. The van der Waals surface area contributed by atoms with Crippen LogP contribution in [0.5, 0.6) is 0 Å². The van der Waals surface area contributed by atoms with Crippen LogP contribution in [0.1, 0.15) is 67.3 Å². The third-order valence-corrected chi connectivity index (χ3v) is 9.25. The summed E-state index contributed by atoms with van der Waals surface area (Å²) in [5.74, 6) is -1.28. The van der Waals surface area contributed by atoms with Gasteiger partial charge in [-0.25, -0.2) is 19.3 Å². The monoisotopic (exact) mass is 658 g/mol. The molecule has 9 nitrogen and oxygen atoms in total. The number of rotatable bonds is 7. The highest BCUT2D eigenvalue weighted by molar-refractivity contribution is 6.33. The van der Waals surface area contributed by atoms with Crippen molar-refractivity contribution in [2.45, 2.75) is 64.1 Å². The molecule has 14 heteroatoms. The molecule has 0 bridgehead atoms. The first-order valence-corrected chi connectivity index (χ1v) is 15.8. The van der Waals surface area contributed by atoms with Crippen molar-refractivity contribution in [1.82, 2.24) is 29.5 Å². The van der Waals surface area contributed by atoms with Crippen molar-refractivity contribution in [3.05, 3.63) is 64.3 Å². The molecule has 0 radical (unpaired) electrons. The Hall–Kier alpha value is -3.84. The van der Waals surface area contributed by atoms with Gasteiger partial charge in [0.2, 0.25) is 5.95 Å². The number of hydrogen-bond acceptors (Lipinski definition) is 8. The van der Waals surface area contributed by atoms with Crippen molar-refractivity contribution in [2.75, 3.05) is 36.8 Å². The molecule has 0 saturated carbocycles. The molecule has 2 aliphatic rings. The lowest BCUT2D eigenvalue weighted by Crippen LogP contribution is -2.38. The number of hydrogen-bond donors (Lipinski definition) is 1. The van der Waals surface area contributed by atoms with Crippen LogP contribution in [-0.4, -0.2) is 73.6 Å². The Bertz CT molecular complexity index is 1750. The zero-order valence-corrected chi connectivity index (χ0v) is 26.3. The first kappa shape index (κ1) is 32.1. The lowest BCUT2D eigenvalue weighted by molar-refractivity contribution is -0.0884. The van der Waals surface area contributed by atoms with E-state index >= 15 is 0 Å². The van der Waals surface area contributed by atoms with Gasteiger partial charge in [-0.3, -0.25) is 4.79 Å². The van der Waals surface area contributed by atoms with E-state index in [0.717, 1.165) is 50.7 Å². The molecule has 1 unspecified atom stereocenters. The number of halogens is 5. The quantitative estimate of drug-likeness (QED) is 0.181. The van der Waals surface area contributed by atoms with Gasteiger partial charge in [-0.15, -0.1) is 5.10 Å². The number of carbonyl (C=O) groups is 1.